The first kappa shape index (κ1) is 13.2. The molecule has 0 radical (unpaired) electrons. The normalized spacial score (nSPS) is 11.8. The molecule has 0 fully saturated rings. The van der Waals surface area contributed by atoms with Crippen LogP contribution in [0.25, 0.3) is 11.0 Å². The van der Waals surface area contributed by atoms with Gasteiger partial charge in [0.1, 0.15) is 0 Å². The molecule has 0 aliphatic carbocycles. The molecule has 0 aliphatic heterocycles. The molecule has 7 heteroatoms. The van der Waals surface area contributed by atoms with Gasteiger partial charge in [0, 0.05) is 5.88 Å². The van der Waals surface area contributed by atoms with Gasteiger partial charge in [0.15, 0.2) is 0 Å². The minimum Gasteiger partial charge on any atom is -0.323 e. The molecule has 1 heterocycles. The quantitative estimate of drug-likeness (QED) is 0.632. The number of hydrogen-bond donors (Lipinski definition) is 2. The van der Waals surface area contributed by atoms with E-state index in [0.29, 0.717) is 18.7 Å². The van der Waals surface area contributed by atoms with E-state index in [-0.39, 0.29) is 11.7 Å². The summed E-state index contributed by atoms with van der Waals surface area (Å²) in [5.41, 5.74) is 1.53. The van der Waals surface area contributed by atoms with E-state index in [1.807, 2.05) is 24.3 Å². The van der Waals surface area contributed by atoms with Crippen molar-refractivity contribution in [1.82, 2.24) is 9.97 Å². The molecule has 0 aliphatic rings. The first-order chi connectivity index (χ1) is 8.61. The minimum absolute atomic E-state index is 0.0523. The number of fused-ring (bicyclic) bond motifs is 1. The van der Waals surface area contributed by atoms with Gasteiger partial charge in [-0.1, -0.05) is 12.1 Å². The Morgan fingerprint density at radius 2 is 2.06 bits per heavy atom. The smallest absolute Gasteiger partial charge is 0.234 e. The molecule has 0 bridgehead atoms. The number of H-pyrrole nitrogens is 1. The topological polar surface area (TPSA) is 74.8 Å². The van der Waals surface area contributed by atoms with Crippen LogP contribution >= 0.6 is 11.6 Å². The molecule has 0 unspecified atom stereocenters. The van der Waals surface area contributed by atoms with E-state index in [2.05, 4.69) is 14.7 Å². The number of sulfonamides is 1. The number of benzene rings is 1. The summed E-state index contributed by atoms with van der Waals surface area (Å²) in [6.45, 7) is 0. The van der Waals surface area contributed by atoms with Gasteiger partial charge in [-0.15, -0.1) is 11.6 Å². The number of unbranched alkanes of at least 4 members (excludes halogenated alkanes) is 1. The third kappa shape index (κ3) is 3.36. The van der Waals surface area contributed by atoms with Gasteiger partial charge in [-0.25, -0.2) is 13.4 Å². The van der Waals surface area contributed by atoms with E-state index < -0.39 is 10.0 Å². The Bertz CT molecular complexity index is 591. The zero-order valence-electron chi connectivity index (χ0n) is 9.69. The Hall–Kier alpha value is -1.27. The molecule has 0 saturated heterocycles. The zero-order valence-corrected chi connectivity index (χ0v) is 11.3. The van der Waals surface area contributed by atoms with Gasteiger partial charge in [-0.3, -0.25) is 4.72 Å². The monoisotopic (exact) mass is 287 g/mol. The van der Waals surface area contributed by atoms with Crippen molar-refractivity contribution in [2.24, 2.45) is 0 Å². The Morgan fingerprint density at radius 1 is 1.28 bits per heavy atom. The molecule has 2 rings (SSSR count). The highest BCUT2D eigenvalue weighted by Crippen LogP contribution is 2.14. The third-order valence-corrected chi connectivity index (χ3v) is 4.04. The van der Waals surface area contributed by atoms with Crippen LogP contribution in [0.2, 0.25) is 0 Å². The molecule has 0 amide bonds. The molecule has 2 aromatic rings. The Labute approximate surface area is 111 Å². The Morgan fingerprint density at radius 3 is 2.78 bits per heavy atom. The fourth-order valence-corrected chi connectivity index (χ4v) is 2.85. The van der Waals surface area contributed by atoms with E-state index in [9.17, 15) is 8.42 Å². The number of nitrogens with zero attached hydrogens (tertiary/aromatic N) is 1. The molecule has 98 valence electrons. The third-order valence-electron chi connectivity index (χ3n) is 2.44. The van der Waals surface area contributed by atoms with Gasteiger partial charge in [-0.05, 0) is 25.0 Å². The van der Waals surface area contributed by atoms with Crippen molar-refractivity contribution in [3.63, 3.8) is 0 Å². The lowest BCUT2D eigenvalue weighted by Gasteiger charge is -2.03. The van der Waals surface area contributed by atoms with Gasteiger partial charge in [0.05, 0.1) is 16.8 Å². The Kier molecular flexibility index (Phi) is 4.08. The molecule has 0 spiro atoms. The highest BCUT2D eigenvalue weighted by atomic mass is 35.5. The number of halogens is 1. The highest BCUT2D eigenvalue weighted by Gasteiger charge is 2.12. The fourth-order valence-electron chi connectivity index (χ4n) is 1.59. The predicted octanol–water partition coefficient (Wildman–Crippen LogP) is 2.32. The molecule has 5 nitrogen and oxygen atoms in total. The van der Waals surface area contributed by atoms with Crippen molar-refractivity contribution in [3.05, 3.63) is 24.3 Å². The average Bonchev–Trinajstić information content (AvgIpc) is 2.70. The van der Waals surface area contributed by atoms with Crippen LogP contribution < -0.4 is 4.72 Å². The molecular formula is C11H14ClN3O2S. The van der Waals surface area contributed by atoms with Crippen LogP contribution in [0.1, 0.15) is 12.8 Å². The van der Waals surface area contributed by atoms with E-state index in [0.717, 1.165) is 11.0 Å². The van der Waals surface area contributed by atoms with Gasteiger partial charge in [0.25, 0.3) is 0 Å². The standard InChI is InChI=1S/C11H14ClN3O2S/c12-7-3-4-8-18(16,17)15-11-13-9-5-1-2-6-10(9)14-11/h1-2,5-6H,3-4,7-8H2,(H2,13,14,15). The van der Waals surface area contributed by atoms with Crippen LogP contribution in [0.3, 0.4) is 0 Å². The molecular weight excluding hydrogens is 274 g/mol. The van der Waals surface area contributed by atoms with Crippen molar-refractivity contribution < 1.29 is 8.42 Å². The first-order valence-corrected chi connectivity index (χ1v) is 7.80. The Balaban J connectivity index is 2.08. The van der Waals surface area contributed by atoms with Crippen LogP contribution in [-0.2, 0) is 10.0 Å². The predicted molar refractivity (Wildman–Crippen MR) is 73.5 cm³/mol. The summed E-state index contributed by atoms with van der Waals surface area (Å²) in [7, 11) is -3.36. The maximum Gasteiger partial charge on any atom is 0.234 e. The number of nitrogens with one attached hydrogen (secondary N) is 2. The SMILES string of the molecule is O=S(=O)(CCCCCl)Nc1nc2ccccc2[nH]1. The van der Waals surface area contributed by atoms with E-state index in [1.54, 1.807) is 0 Å². The van der Waals surface area contributed by atoms with Crippen molar-refractivity contribution in [1.29, 1.82) is 0 Å². The van der Waals surface area contributed by atoms with Crippen molar-refractivity contribution in [2.75, 3.05) is 16.4 Å². The van der Waals surface area contributed by atoms with Crippen LogP contribution in [-0.4, -0.2) is 30.0 Å². The number of alkyl halides is 1. The lowest BCUT2D eigenvalue weighted by Crippen LogP contribution is -2.17. The summed E-state index contributed by atoms with van der Waals surface area (Å²) in [4.78, 5) is 7.07. The second kappa shape index (κ2) is 5.58. The second-order valence-corrected chi connectivity index (χ2v) is 6.14. The lowest BCUT2D eigenvalue weighted by atomic mass is 10.3. The van der Waals surface area contributed by atoms with E-state index in [4.69, 9.17) is 11.6 Å². The maximum absolute atomic E-state index is 11.7. The summed E-state index contributed by atoms with van der Waals surface area (Å²) < 4.78 is 25.9. The van der Waals surface area contributed by atoms with Gasteiger partial charge >= 0.3 is 0 Å². The molecule has 1 aromatic carbocycles. The highest BCUT2D eigenvalue weighted by molar-refractivity contribution is 7.92. The van der Waals surface area contributed by atoms with Crippen molar-refractivity contribution in [2.45, 2.75) is 12.8 Å². The fraction of sp³-hybridized carbons (Fsp3) is 0.364. The number of aromatic nitrogens is 2. The van der Waals surface area contributed by atoms with Crippen LogP contribution in [0.5, 0.6) is 0 Å². The number of rotatable bonds is 6. The summed E-state index contributed by atoms with van der Waals surface area (Å²) in [5.74, 6) is 0.777. The number of para-hydroxylation sites is 2. The molecule has 0 atom stereocenters. The minimum atomic E-state index is -3.36. The van der Waals surface area contributed by atoms with E-state index in [1.165, 1.54) is 0 Å². The van der Waals surface area contributed by atoms with Gasteiger partial charge in [-0.2, -0.15) is 0 Å². The zero-order chi connectivity index (χ0) is 13.0. The number of anilines is 1. The van der Waals surface area contributed by atoms with E-state index >= 15 is 0 Å². The summed E-state index contributed by atoms with van der Waals surface area (Å²) in [6.07, 6.45) is 1.22. The summed E-state index contributed by atoms with van der Waals surface area (Å²) >= 11 is 5.51. The summed E-state index contributed by atoms with van der Waals surface area (Å²) in [6, 6.07) is 7.37. The lowest BCUT2D eigenvalue weighted by molar-refractivity contribution is 0.597. The van der Waals surface area contributed by atoms with Crippen LogP contribution in [0.15, 0.2) is 24.3 Å². The van der Waals surface area contributed by atoms with Crippen LogP contribution in [0, 0.1) is 0 Å². The average molecular weight is 288 g/mol. The second-order valence-electron chi connectivity index (χ2n) is 3.92. The van der Waals surface area contributed by atoms with Gasteiger partial charge < -0.3 is 4.98 Å². The molecule has 0 saturated carbocycles. The molecule has 1 aromatic heterocycles. The molecule has 18 heavy (non-hydrogen) atoms. The summed E-state index contributed by atoms with van der Waals surface area (Å²) in [5, 5.41) is 0. The molecule has 2 N–H and O–H groups in total. The van der Waals surface area contributed by atoms with Gasteiger partial charge in [0.2, 0.25) is 16.0 Å². The largest absolute Gasteiger partial charge is 0.323 e. The number of hydrogen-bond acceptors (Lipinski definition) is 3. The van der Waals surface area contributed by atoms with Crippen molar-refractivity contribution in [3.8, 4) is 0 Å². The maximum atomic E-state index is 11.7. The van der Waals surface area contributed by atoms with Crippen molar-refractivity contribution >= 4 is 38.6 Å². The first-order valence-electron chi connectivity index (χ1n) is 5.62. The van der Waals surface area contributed by atoms with Crippen LogP contribution in [0.4, 0.5) is 5.95 Å². The number of aromatic amines is 1. The number of imidazole rings is 1.